The standard InChI is InChI=1S/C21H20F5NO4S/c1-10(2)9-11-14(19(28)31-4)16(18(22)23)27-17(21(24,25)26)15(11)20(29)32-13-8-6-5-7-12(13)30-3/h5-8,10,18H,9H2,1-4H3. The molecule has 0 aliphatic rings. The van der Waals surface area contributed by atoms with Crippen LogP contribution in [0.1, 0.15) is 57.9 Å². The van der Waals surface area contributed by atoms with Crippen molar-refractivity contribution >= 4 is 22.8 Å². The molecule has 32 heavy (non-hydrogen) atoms. The number of thioether (sulfide) groups is 1. The lowest BCUT2D eigenvalue weighted by molar-refractivity contribution is -0.141. The van der Waals surface area contributed by atoms with Gasteiger partial charge >= 0.3 is 12.1 Å². The summed E-state index contributed by atoms with van der Waals surface area (Å²) in [5.74, 6) is -1.45. The van der Waals surface area contributed by atoms with Crippen molar-refractivity contribution in [3.8, 4) is 5.75 Å². The Morgan fingerprint density at radius 3 is 2.22 bits per heavy atom. The van der Waals surface area contributed by atoms with E-state index in [1.165, 1.54) is 19.2 Å². The van der Waals surface area contributed by atoms with E-state index in [0.717, 1.165) is 7.11 Å². The topological polar surface area (TPSA) is 65.5 Å². The van der Waals surface area contributed by atoms with E-state index < -0.39 is 51.8 Å². The number of esters is 1. The molecular weight excluding hydrogens is 457 g/mol. The molecule has 1 heterocycles. The maximum absolute atomic E-state index is 13.9. The SMILES string of the molecule is COC(=O)c1c(C(F)F)nc(C(F)(F)F)c(C(=O)Sc2ccccc2OC)c1CC(C)C. The number of ether oxygens (including phenoxy) is 2. The van der Waals surface area contributed by atoms with Crippen LogP contribution in [0.25, 0.3) is 0 Å². The molecule has 0 spiro atoms. The first-order valence-corrected chi connectivity index (χ1v) is 10.1. The van der Waals surface area contributed by atoms with Gasteiger partial charge in [-0.25, -0.2) is 18.6 Å². The predicted molar refractivity (Wildman–Crippen MR) is 107 cm³/mol. The number of rotatable bonds is 7. The highest BCUT2D eigenvalue weighted by Gasteiger charge is 2.43. The molecule has 0 fully saturated rings. The number of pyridine rings is 1. The molecule has 0 saturated heterocycles. The molecular formula is C21H20F5NO4S. The minimum Gasteiger partial charge on any atom is -0.496 e. The van der Waals surface area contributed by atoms with Gasteiger partial charge in [-0.15, -0.1) is 0 Å². The van der Waals surface area contributed by atoms with Gasteiger partial charge in [0.25, 0.3) is 6.43 Å². The summed E-state index contributed by atoms with van der Waals surface area (Å²) in [5.41, 5.74) is -5.40. The van der Waals surface area contributed by atoms with E-state index in [2.05, 4.69) is 9.72 Å². The second-order valence-electron chi connectivity index (χ2n) is 7.00. The molecule has 0 aliphatic heterocycles. The summed E-state index contributed by atoms with van der Waals surface area (Å²) in [5, 5.41) is -1.11. The first kappa shape index (κ1) is 25.6. The van der Waals surface area contributed by atoms with Gasteiger partial charge in [0, 0.05) is 0 Å². The molecule has 0 saturated carbocycles. The molecule has 0 N–H and O–H groups in total. The van der Waals surface area contributed by atoms with Crippen molar-refractivity contribution in [3.63, 3.8) is 0 Å². The molecule has 0 unspecified atom stereocenters. The Morgan fingerprint density at radius 2 is 1.72 bits per heavy atom. The maximum Gasteiger partial charge on any atom is 0.434 e. The van der Waals surface area contributed by atoms with Crippen molar-refractivity contribution in [1.29, 1.82) is 0 Å². The van der Waals surface area contributed by atoms with E-state index in [1.807, 2.05) is 0 Å². The number of aromatic nitrogens is 1. The summed E-state index contributed by atoms with van der Waals surface area (Å²) in [6.07, 6.45) is -8.98. The van der Waals surface area contributed by atoms with Crippen LogP contribution >= 0.6 is 11.8 Å². The lowest BCUT2D eigenvalue weighted by atomic mass is 9.91. The smallest absolute Gasteiger partial charge is 0.434 e. The fourth-order valence-electron chi connectivity index (χ4n) is 3.03. The Balaban J connectivity index is 2.88. The van der Waals surface area contributed by atoms with Crippen LogP contribution in [0, 0.1) is 5.92 Å². The second-order valence-corrected chi connectivity index (χ2v) is 8.02. The third-order valence-electron chi connectivity index (χ3n) is 4.28. The molecule has 0 bridgehead atoms. The van der Waals surface area contributed by atoms with Crippen LogP contribution in [0.5, 0.6) is 5.75 Å². The number of benzene rings is 1. The number of alkyl halides is 5. The number of carbonyl (C=O) groups is 2. The number of carbonyl (C=O) groups excluding carboxylic acids is 2. The number of hydrogen-bond donors (Lipinski definition) is 0. The van der Waals surface area contributed by atoms with Crippen molar-refractivity contribution < 1.29 is 41.0 Å². The quantitative estimate of drug-likeness (QED) is 0.278. The zero-order valence-corrected chi connectivity index (χ0v) is 18.4. The number of methoxy groups -OCH3 is 2. The largest absolute Gasteiger partial charge is 0.496 e. The number of hydrogen-bond acceptors (Lipinski definition) is 6. The summed E-state index contributed by atoms with van der Waals surface area (Å²) in [6, 6.07) is 6.12. The van der Waals surface area contributed by atoms with Gasteiger partial charge in [0.15, 0.2) is 5.69 Å². The van der Waals surface area contributed by atoms with Crippen molar-refractivity contribution in [2.24, 2.45) is 5.92 Å². The van der Waals surface area contributed by atoms with Gasteiger partial charge in [-0.1, -0.05) is 26.0 Å². The maximum atomic E-state index is 13.9. The minimum atomic E-state index is -5.23. The molecule has 11 heteroatoms. The van der Waals surface area contributed by atoms with Crippen molar-refractivity contribution in [1.82, 2.24) is 4.98 Å². The normalized spacial score (nSPS) is 11.7. The third-order valence-corrected chi connectivity index (χ3v) is 5.23. The fourth-order valence-corrected chi connectivity index (χ4v) is 3.95. The summed E-state index contributed by atoms with van der Waals surface area (Å²) in [6.45, 7) is 3.22. The summed E-state index contributed by atoms with van der Waals surface area (Å²) in [4.78, 5) is 28.7. The Labute approximate surface area is 185 Å². The lowest BCUT2D eigenvalue weighted by Gasteiger charge is -2.21. The van der Waals surface area contributed by atoms with Gasteiger partial charge in [-0.05, 0) is 41.8 Å². The molecule has 1 aromatic carbocycles. The van der Waals surface area contributed by atoms with Gasteiger partial charge in [0.2, 0.25) is 5.12 Å². The summed E-state index contributed by atoms with van der Waals surface area (Å²) >= 11 is 0.418. The average molecular weight is 477 g/mol. The van der Waals surface area contributed by atoms with Crippen LogP contribution in [-0.4, -0.2) is 30.3 Å². The number of para-hydroxylation sites is 1. The molecule has 0 aliphatic carbocycles. The van der Waals surface area contributed by atoms with Crippen LogP contribution in [-0.2, 0) is 17.3 Å². The zero-order chi connectivity index (χ0) is 24.2. The zero-order valence-electron chi connectivity index (χ0n) is 17.5. The summed E-state index contributed by atoms with van der Waals surface area (Å²) in [7, 11) is 2.23. The molecule has 0 radical (unpaired) electrons. The average Bonchev–Trinajstić information content (AvgIpc) is 2.71. The van der Waals surface area contributed by atoms with Crippen molar-refractivity contribution in [2.75, 3.05) is 14.2 Å². The lowest BCUT2D eigenvalue weighted by Crippen LogP contribution is -2.24. The van der Waals surface area contributed by atoms with E-state index in [9.17, 15) is 31.5 Å². The molecule has 5 nitrogen and oxygen atoms in total. The molecule has 0 amide bonds. The number of nitrogens with zero attached hydrogens (tertiary/aromatic N) is 1. The first-order chi connectivity index (χ1) is 14.9. The molecule has 2 aromatic rings. The van der Waals surface area contributed by atoms with Crippen LogP contribution in [0.2, 0.25) is 0 Å². The van der Waals surface area contributed by atoms with Crippen LogP contribution in [0.15, 0.2) is 29.2 Å². The van der Waals surface area contributed by atoms with Gasteiger partial charge in [-0.2, -0.15) is 13.2 Å². The fraction of sp³-hybridized carbons (Fsp3) is 0.381. The highest BCUT2D eigenvalue weighted by atomic mass is 32.2. The highest BCUT2D eigenvalue weighted by molar-refractivity contribution is 8.14. The molecule has 1 aromatic heterocycles. The van der Waals surface area contributed by atoms with E-state index in [4.69, 9.17) is 4.74 Å². The minimum absolute atomic E-state index is 0.209. The molecule has 174 valence electrons. The van der Waals surface area contributed by atoms with Crippen LogP contribution in [0.3, 0.4) is 0 Å². The van der Waals surface area contributed by atoms with Gasteiger partial charge in [0.1, 0.15) is 11.4 Å². The Morgan fingerprint density at radius 1 is 1.09 bits per heavy atom. The van der Waals surface area contributed by atoms with Crippen molar-refractivity contribution in [2.45, 2.75) is 37.8 Å². The van der Waals surface area contributed by atoms with E-state index in [-0.39, 0.29) is 23.0 Å². The van der Waals surface area contributed by atoms with Gasteiger partial charge in [0.05, 0.1) is 30.2 Å². The van der Waals surface area contributed by atoms with E-state index in [1.54, 1.807) is 26.0 Å². The van der Waals surface area contributed by atoms with E-state index >= 15 is 0 Å². The second kappa shape index (κ2) is 10.3. The summed E-state index contributed by atoms with van der Waals surface area (Å²) < 4.78 is 78.5. The first-order valence-electron chi connectivity index (χ1n) is 9.27. The van der Waals surface area contributed by atoms with Crippen LogP contribution < -0.4 is 4.74 Å². The predicted octanol–water partition coefficient (Wildman–Crippen LogP) is 5.96. The number of halogens is 5. The Hall–Kier alpha value is -2.69. The monoisotopic (exact) mass is 477 g/mol. The molecule has 0 atom stereocenters. The Bertz CT molecular complexity index is 1010. The molecule has 2 rings (SSSR count). The van der Waals surface area contributed by atoms with Crippen LogP contribution in [0.4, 0.5) is 22.0 Å². The highest BCUT2D eigenvalue weighted by Crippen LogP contribution is 2.41. The Kier molecular flexibility index (Phi) is 8.22. The van der Waals surface area contributed by atoms with E-state index in [0.29, 0.717) is 11.8 Å². The van der Waals surface area contributed by atoms with Gasteiger partial charge < -0.3 is 9.47 Å². The third kappa shape index (κ3) is 5.56. The van der Waals surface area contributed by atoms with Gasteiger partial charge in [-0.3, -0.25) is 4.79 Å². The van der Waals surface area contributed by atoms with Crippen molar-refractivity contribution in [3.05, 3.63) is 52.3 Å².